The second-order valence-electron chi connectivity index (χ2n) is 5.64. The zero-order chi connectivity index (χ0) is 12.3. The number of carbonyl (C=O) groups excluding carboxylic acids is 1. The maximum absolute atomic E-state index is 11.7. The summed E-state index contributed by atoms with van der Waals surface area (Å²) in [6.45, 7) is 6.88. The van der Waals surface area contributed by atoms with Crippen LogP contribution < -0.4 is 10.6 Å². The number of hydrogen-bond acceptors (Lipinski definition) is 3. The smallest absolute Gasteiger partial charge is 0.234 e. The fourth-order valence-electron chi connectivity index (χ4n) is 2.42. The first kappa shape index (κ1) is 12.8. The summed E-state index contributed by atoms with van der Waals surface area (Å²) in [6.07, 6.45) is 5.00. The third-order valence-corrected chi connectivity index (χ3v) is 3.63. The van der Waals surface area contributed by atoms with Crippen molar-refractivity contribution < 1.29 is 4.79 Å². The van der Waals surface area contributed by atoms with Crippen LogP contribution in [-0.2, 0) is 4.79 Å². The molecule has 4 nitrogen and oxygen atoms in total. The normalized spacial score (nSPS) is 23.0. The Morgan fingerprint density at radius 2 is 1.88 bits per heavy atom. The standard InChI is InChI=1S/C13H25N3O/c1-10(2)14-9-13(17)15-11-5-7-16(8-6-11)12-3-4-12/h10-12,14H,3-9H2,1-2H3,(H,15,17). The van der Waals surface area contributed by atoms with Crippen molar-refractivity contribution in [3.05, 3.63) is 0 Å². The molecule has 0 bridgehead atoms. The van der Waals surface area contributed by atoms with Crippen LogP contribution in [0.2, 0.25) is 0 Å². The second kappa shape index (κ2) is 5.83. The van der Waals surface area contributed by atoms with Gasteiger partial charge in [0.05, 0.1) is 6.54 Å². The van der Waals surface area contributed by atoms with Crippen LogP contribution in [0.4, 0.5) is 0 Å². The average Bonchev–Trinajstić information content (AvgIpc) is 3.11. The van der Waals surface area contributed by atoms with E-state index in [0.29, 0.717) is 18.6 Å². The van der Waals surface area contributed by atoms with Crippen molar-refractivity contribution in [3.8, 4) is 0 Å². The van der Waals surface area contributed by atoms with E-state index in [2.05, 4.69) is 29.4 Å². The van der Waals surface area contributed by atoms with Gasteiger partial charge in [-0.3, -0.25) is 4.79 Å². The summed E-state index contributed by atoms with van der Waals surface area (Å²) in [7, 11) is 0. The largest absolute Gasteiger partial charge is 0.352 e. The predicted octanol–water partition coefficient (Wildman–Crippen LogP) is 0.727. The Bertz CT molecular complexity index is 255. The molecule has 0 aromatic carbocycles. The molecule has 1 saturated heterocycles. The molecule has 2 N–H and O–H groups in total. The van der Waals surface area contributed by atoms with Crippen molar-refractivity contribution in [1.29, 1.82) is 0 Å². The van der Waals surface area contributed by atoms with E-state index in [1.165, 1.54) is 12.8 Å². The number of piperidine rings is 1. The highest BCUT2D eigenvalue weighted by Crippen LogP contribution is 2.29. The Morgan fingerprint density at radius 1 is 1.24 bits per heavy atom. The number of nitrogens with zero attached hydrogens (tertiary/aromatic N) is 1. The van der Waals surface area contributed by atoms with E-state index in [4.69, 9.17) is 0 Å². The average molecular weight is 239 g/mol. The summed E-state index contributed by atoms with van der Waals surface area (Å²) in [6, 6.07) is 1.64. The molecular formula is C13H25N3O. The number of likely N-dealkylation sites (tertiary alicyclic amines) is 1. The van der Waals surface area contributed by atoms with Crippen molar-refractivity contribution in [3.63, 3.8) is 0 Å². The Hall–Kier alpha value is -0.610. The number of amides is 1. The van der Waals surface area contributed by atoms with Crippen molar-refractivity contribution in [2.24, 2.45) is 0 Å². The molecule has 1 amide bonds. The lowest BCUT2D eigenvalue weighted by molar-refractivity contribution is -0.121. The highest BCUT2D eigenvalue weighted by Gasteiger charge is 2.31. The molecule has 0 unspecified atom stereocenters. The van der Waals surface area contributed by atoms with Crippen LogP contribution in [0, 0.1) is 0 Å². The van der Waals surface area contributed by atoms with Crippen LogP contribution in [0.3, 0.4) is 0 Å². The van der Waals surface area contributed by atoms with Crippen molar-refractivity contribution in [2.75, 3.05) is 19.6 Å². The number of carbonyl (C=O) groups is 1. The van der Waals surface area contributed by atoms with Gasteiger partial charge in [-0.15, -0.1) is 0 Å². The molecular weight excluding hydrogens is 214 g/mol. The lowest BCUT2D eigenvalue weighted by Crippen LogP contribution is -2.47. The molecule has 1 aliphatic heterocycles. The summed E-state index contributed by atoms with van der Waals surface area (Å²) in [5.74, 6) is 0.142. The Balaban J connectivity index is 1.61. The van der Waals surface area contributed by atoms with E-state index < -0.39 is 0 Å². The summed E-state index contributed by atoms with van der Waals surface area (Å²) in [5.41, 5.74) is 0. The summed E-state index contributed by atoms with van der Waals surface area (Å²) >= 11 is 0. The second-order valence-corrected chi connectivity index (χ2v) is 5.64. The molecule has 1 saturated carbocycles. The highest BCUT2D eigenvalue weighted by atomic mass is 16.2. The van der Waals surface area contributed by atoms with Crippen molar-refractivity contribution in [1.82, 2.24) is 15.5 Å². The van der Waals surface area contributed by atoms with Gasteiger partial charge in [-0.2, -0.15) is 0 Å². The topological polar surface area (TPSA) is 44.4 Å². The molecule has 0 aromatic rings. The van der Waals surface area contributed by atoms with Gasteiger partial charge in [-0.1, -0.05) is 13.8 Å². The molecule has 98 valence electrons. The van der Waals surface area contributed by atoms with E-state index in [-0.39, 0.29) is 5.91 Å². The van der Waals surface area contributed by atoms with Gasteiger partial charge in [-0.25, -0.2) is 0 Å². The molecule has 4 heteroatoms. The van der Waals surface area contributed by atoms with E-state index in [1.807, 2.05) is 0 Å². The van der Waals surface area contributed by atoms with Gasteiger partial charge in [0.1, 0.15) is 0 Å². The van der Waals surface area contributed by atoms with Crippen molar-refractivity contribution >= 4 is 5.91 Å². The molecule has 0 aromatic heterocycles. The highest BCUT2D eigenvalue weighted by molar-refractivity contribution is 5.78. The third kappa shape index (κ3) is 4.28. The number of hydrogen-bond donors (Lipinski definition) is 2. The van der Waals surface area contributed by atoms with Crippen LogP contribution >= 0.6 is 0 Å². The Kier molecular flexibility index (Phi) is 4.40. The van der Waals surface area contributed by atoms with E-state index in [9.17, 15) is 4.79 Å². The Morgan fingerprint density at radius 3 is 2.41 bits per heavy atom. The fourth-order valence-corrected chi connectivity index (χ4v) is 2.42. The maximum atomic E-state index is 11.7. The number of nitrogens with one attached hydrogen (secondary N) is 2. The molecule has 2 fully saturated rings. The minimum Gasteiger partial charge on any atom is -0.352 e. The van der Waals surface area contributed by atoms with Gasteiger partial charge in [-0.05, 0) is 25.7 Å². The molecule has 2 rings (SSSR count). The van der Waals surface area contributed by atoms with Gasteiger partial charge in [0.25, 0.3) is 0 Å². The van der Waals surface area contributed by atoms with Gasteiger partial charge < -0.3 is 15.5 Å². The molecule has 2 aliphatic rings. The minimum absolute atomic E-state index is 0.142. The van der Waals surface area contributed by atoms with Gasteiger partial charge in [0, 0.05) is 31.2 Å². The van der Waals surface area contributed by atoms with Gasteiger partial charge in [0.2, 0.25) is 5.91 Å². The first-order valence-electron chi connectivity index (χ1n) is 6.92. The van der Waals surface area contributed by atoms with Gasteiger partial charge in [0.15, 0.2) is 0 Å². The van der Waals surface area contributed by atoms with Crippen LogP contribution in [0.1, 0.15) is 39.5 Å². The predicted molar refractivity (Wildman–Crippen MR) is 68.9 cm³/mol. The SMILES string of the molecule is CC(C)NCC(=O)NC1CCN(C2CC2)CC1. The monoisotopic (exact) mass is 239 g/mol. The van der Waals surface area contributed by atoms with Crippen molar-refractivity contribution in [2.45, 2.75) is 57.7 Å². The molecule has 0 radical (unpaired) electrons. The zero-order valence-electron chi connectivity index (χ0n) is 11.0. The van der Waals surface area contributed by atoms with Crippen LogP contribution in [0.15, 0.2) is 0 Å². The molecule has 0 atom stereocenters. The lowest BCUT2D eigenvalue weighted by Gasteiger charge is -2.32. The molecule has 0 spiro atoms. The van der Waals surface area contributed by atoms with E-state index >= 15 is 0 Å². The quantitative estimate of drug-likeness (QED) is 0.743. The Labute approximate surface area is 104 Å². The first-order chi connectivity index (χ1) is 8.15. The van der Waals surface area contributed by atoms with E-state index in [0.717, 1.165) is 32.0 Å². The zero-order valence-corrected chi connectivity index (χ0v) is 11.0. The lowest BCUT2D eigenvalue weighted by atomic mass is 10.0. The van der Waals surface area contributed by atoms with Crippen LogP contribution in [0.25, 0.3) is 0 Å². The fraction of sp³-hybridized carbons (Fsp3) is 0.923. The third-order valence-electron chi connectivity index (χ3n) is 3.63. The molecule has 17 heavy (non-hydrogen) atoms. The number of rotatable bonds is 5. The minimum atomic E-state index is 0.142. The summed E-state index contributed by atoms with van der Waals surface area (Å²) < 4.78 is 0. The van der Waals surface area contributed by atoms with E-state index in [1.54, 1.807) is 0 Å². The molecule has 1 heterocycles. The van der Waals surface area contributed by atoms with Crippen LogP contribution in [-0.4, -0.2) is 48.6 Å². The summed E-state index contributed by atoms with van der Waals surface area (Å²) in [5, 5.41) is 6.28. The molecule has 1 aliphatic carbocycles. The summed E-state index contributed by atoms with van der Waals surface area (Å²) in [4.78, 5) is 14.2. The first-order valence-corrected chi connectivity index (χ1v) is 6.92. The van der Waals surface area contributed by atoms with Crippen LogP contribution in [0.5, 0.6) is 0 Å². The maximum Gasteiger partial charge on any atom is 0.234 e. The van der Waals surface area contributed by atoms with Gasteiger partial charge >= 0.3 is 0 Å².